The van der Waals surface area contributed by atoms with Gasteiger partial charge in [0.2, 0.25) is 5.95 Å². The molecular formula is C25H15ClF2N4O2. The maximum atomic E-state index is 14.6. The van der Waals surface area contributed by atoms with Crippen molar-refractivity contribution in [3.8, 4) is 16.8 Å². The number of para-hydroxylation sites is 1. The van der Waals surface area contributed by atoms with E-state index in [1.54, 1.807) is 18.3 Å². The monoisotopic (exact) mass is 476 g/mol. The molecule has 6 rings (SSSR count). The number of halogens is 3. The average Bonchev–Trinajstić information content (AvgIpc) is 3.60. The highest BCUT2D eigenvalue weighted by Gasteiger charge is 2.32. The van der Waals surface area contributed by atoms with E-state index in [1.807, 2.05) is 22.8 Å². The van der Waals surface area contributed by atoms with Crippen LogP contribution >= 0.6 is 11.6 Å². The summed E-state index contributed by atoms with van der Waals surface area (Å²) in [5.41, 5.74) is 2.11. The highest BCUT2D eigenvalue weighted by atomic mass is 35.5. The van der Waals surface area contributed by atoms with E-state index >= 15 is 0 Å². The fourth-order valence-electron chi connectivity index (χ4n) is 4.34. The van der Waals surface area contributed by atoms with Crippen molar-refractivity contribution < 1.29 is 18.7 Å². The number of carboxylic acids is 1. The zero-order valence-electron chi connectivity index (χ0n) is 17.5. The molecule has 0 amide bonds. The predicted octanol–water partition coefficient (Wildman–Crippen LogP) is 6.14. The molecule has 3 aromatic heterocycles. The van der Waals surface area contributed by atoms with Crippen LogP contribution in [0.5, 0.6) is 0 Å². The largest absolute Gasteiger partial charge is 0.478 e. The lowest BCUT2D eigenvalue weighted by Crippen LogP contribution is -2.03. The first-order valence-electron chi connectivity index (χ1n) is 10.6. The van der Waals surface area contributed by atoms with Crippen molar-refractivity contribution in [1.82, 2.24) is 19.5 Å². The van der Waals surface area contributed by atoms with Crippen molar-refractivity contribution in [2.75, 3.05) is 0 Å². The number of rotatable bonds is 4. The van der Waals surface area contributed by atoms with E-state index in [0.717, 1.165) is 30.1 Å². The van der Waals surface area contributed by atoms with Gasteiger partial charge in [0, 0.05) is 29.3 Å². The van der Waals surface area contributed by atoms with E-state index in [-0.39, 0.29) is 28.1 Å². The van der Waals surface area contributed by atoms with Gasteiger partial charge in [0.1, 0.15) is 11.3 Å². The van der Waals surface area contributed by atoms with Crippen LogP contribution in [0.25, 0.3) is 38.8 Å². The topological polar surface area (TPSA) is 80.9 Å². The van der Waals surface area contributed by atoms with Crippen LogP contribution in [0, 0.1) is 11.8 Å². The Bertz CT molecular complexity index is 1650. The molecule has 168 valence electrons. The number of aromatic nitrogens is 4. The highest BCUT2D eigenvalue weighted by Crippen LogP contribution is 2.44. The minimum Gasteiger partial charge on any atom is -0.478 e. The van der Waals surface area contributed by atoms with E-state index in [1.165, 1.54) is 12.1 Å². The lowest BCUT2D eigenvalue weighted by Gasteiger charge is -2.13. The van der Waals surface area contributed by atoms with Crippen LogP contribution < -0.4 is 0 Å². The Hall–Kier alpha value is -3.91. The molecule has 6 nitrogen and oxygen atoms in total. The Labute approximate surface area is 196 Å². The summed E-state index contributed by atoms with van der Waals surface area (Å²) in [5, 5.41) is 11.2. The smallest absolute Gasteiger partial charge is 0.337 e. The summed E-state index contributed by atoms with van der Waals surface area (Å²) < 4.78 is 30.4. The molecule has 1 aliphatic carbocycles. The quantitative estimate of drug-likeness (QED) is 0.315. The molecule has 0 radical (unpaired) electrons. The summed E-state index contributed by atoms with van der Waals surface area (Å²) in [6, 6.07) is 11.5. The number of pyridine rings is 2. The van der Waals surface area contributed by atoms with Crippen molar-refractivity contribution in [2.24, 2.45) is 0 Å². The first-order valence-corrected chi connectivity index (χ1v) is 11.0. The van der Waals surface area contributed by atoms with Gasteiger partial charge in [-0.1, -0.05) is 23.7 Å². The number of aromatic carboxylic acids is 1. The SMILES string of the molecule is O=C(O)c1cc(-c2ccnc(F)c2F)cc2c1nc(C1CC1)n2-c1ccnc2c(Cl)cccc12. The van der Waals surface area contributed by atoms with Gasteiger partial charge in [0.25, 0.3) is 0 Å². The van der Waals surface area contributed by atoms with E-state index in [4.69, 9.17) is 16.6 Å². The number of benzene rings is 2. The molecule has 0 aliphatic heterocycles. The van der Waals surface area contributed by atoms with Gasteiger partial charge in [-0.2, -0.15) is 4.39 Å². The van der Waals surface area contributed by atoms with Gasteiger partial charge in [-0.3, -0.25) is 9.55 Å². The summed E-state index contributed by atoms with van der Waals surface area (Å²) in [6.45, 7) is 0. The Balaban J connectivity index is 1.74. The summed E-state index contributed by atoms with van der Waals surface area (Å²) in [7, 11) is 0. The molecular weight excluding hydrogens is 462 g/mol. The summed E-state index contributed by atoms with van der Waals surface area (Å²) in [5.74, 6) is -2.74. The number of nitrogens with zero attached hydrogens (tertiary/aromatic N) is 4. The maximum Gasteiger partial charge on any atom is 0.337 e. The molecule has 0 atom stereocenters. The van der Waals surface area contributed by atoms with Crippen molar-refractivity contribution in [3.63, 3.8) is 0 Å². The molecule has 34 heavy (non-hydrogen) atoms. The molecule has 5 aromatic rings. The van der Waals surface area contributed by atoms with Crippen molar-refractivity contribution in [2.45, 2.75) is 18.8 Å². The van der Waals surface area contributed by atoms with Gasteiger partial charge in [-0.15, -0.1) is 0 Å². The first kappa shape index (κ1) is 20.7. The van der Waals surface area contributed by atoms with Gasteiger partial charge in [0.15, 0.2) is 5.82 Å². The van der Waals surface area contributed by atoms with E-state index in [0.29, 0.717) is 21.9 Å². The minimum absolute atomic E-state index is 0.0831. The van der Waals surface area contributed by atoms with Crippen LogP contribution in [0.4, 0.5) is 8.78 Å². The fraction of sp³-hybridized carbons (Fsp3) is 0.120. The number of fused-ring (bicyclic) bond motifs is 2. The van der Waals surface area contributed by atoms with Crippen molar-refractivity contribution in [1.29, 1.82) is 0 Å². The second-order valence-corrected chi connectivity index (χ2v) is 8.61. The fourth-order valence-corrected chi connectivity index (χ4v) is 4.57. The van der Waals surface area contributed by atoms with Crippen LogP contribution in [-0.4, -0.2) is 30.6 Å². The molecule has 1 N–H and O–H groups in total. The average molecular weight is 477 g/mol. The molecule has 2 aromatic carbocycles. The Kier molecular flexibility index (Phi) is 4.60. The minimum atomic E-state index is -1.25. The van der Waals surface area contributed by atoms with E-state index in [2.05, 4.69) is 9.97 Å². The zero-order chi connectivity index (χ0) is 23.6. The van der Waals surface area contributed by atoms with Crippen LogP contribution in [0.3, 0.4) is 0 Å². The lowest BCUT2D eigenvalue weighted by atomic mass is 10.0. The Morgan fingerprint density at radius 2 is 1.85 bits per heavy atom. The highest BCUT2D eigenvalue weighted by molar-refractivity contribution is 6.35. The zero-order valence-corrected chi connectivity index (χ0v) is 18.2. The number of hydrogen-bond donors (Lipinski definition) is 1. The molecule has 3 heterocycles. The van der Waals surface area contributed by atoms with Gasteiger partial charge in [0.05, 0.1) is 27.3 Å². The number of carboxylic acid groups (broad SMARTS) is 1. The molecule has 0 saturated heterocycles. The molecule has 1 aliphatic rings. The normalized spacial score (nSPS) is 13.6. The molecule has 0 spiro atoms. The third-order valence-electron chi connectivity index (χ3n) is 6.06. The second-order valence-electron chi connectivity index (χ2n) is 8.21. The summed E-state index contributed by atoms with van der Waals surface area (Å²) in [4.78, 5) is 24.6. The molecule has 0 unspecified atom stereocenters. The van der Waals surface area contributed by atoms with Crippen molar-refractivity contribution in [3.05, 3.63) is 83.0 Å². The first-order chi connectivity index (χ1) is 16.4. The second kappa shape index (κ2) is 7.56. The van der Waals surface area contributed by atoms with Gasteiger partial charge >= 0.3 is 5.97 Å². The van der Waals surface area contributed by atoms with Crippen LogP contribution in [-0.2, 0) is 0 Å². The third kappa shape index (κ3) is 3.13. The van der Waals surface area contributed by atoms with Crippen molar-refractivity contribution >= 4 is 39.5 Å². The van der Waals surface area contributed by atoms with Crippen LogP contribution in [0.2, 0.25) is 5.02 Å². The number of carbonyl (C=O) groups is 1. The standard InChI is InChI=1S/C25H15ClF2N4O2/c26-17-3-1-2-15-18(7-9-29-21(15)17)32-19-11-13(14-6-8-30-23(28)20(14)27)10-16(25(33)34)22(19)31-24(32)12-4-5-12/h1-3,6-12H,4-5H2,(H,33,34). The predicted molar refractivity (Wildman–Crippen MR) is 123 cm³/mol. The lowest BCUT2D eigenvalue weighted by molar-refractivity contribution is 0.0699. The molecule has 1 fully saturated rings. The van der Waals surface area contributed by atoms with E-state index < -0.39 is 17.7 Å². The summed E-state index contributed by atoms with van der Waals surface area (Å²) >= 11 is 6.38. The van der Waals surface area contributed by atoms with Gasteiger partial charge < -0.3 is 5.11 Å². The van der Waals surface area contributed by atoms with Gasteiger partial charge in [-0.05, 0) is 48.7 Å². The van der Waals surface area contributed by atoms with Gasteiger partial charge in [-0.25, -0.2) is 19.2 Å². The third-order valence-corrected chi connectivity index (χ3v) is 6.36. The number of hydrogen-bond acceptors (Lipinski definition) is 4. The molecule has 1 saturated carbocycles. The molecule has 9 heteroatoms. The molecule has 0 bridgehead atoms. The maximum absolute atomic E-state index is 14.6. The van der Waals surface area contributed by atoms with Crippen LogP contribution in [0.15, 0.2) is 54.9 Å². The summed E-state index contributed by atoms with van der Waals surface area (Å²) in [6.07, 6.45) is 4.62. The Morgan fingerprint density at radius 3 is 2.62 bits per heavy atom. The van der Waals surface area contributed by atoms with Crippen LogP contribution in [0.1, 0.15) is 34.9 Å². The number of imidazole rings is 1. The Morgan fingerprint density at radius 1 is 1.06 bits per heavy atom. The van der Waals surface area contributed by atoms with E-state index in [9.17, 15) is 18.7 Å².